The SMILES string of the molecule is CCNC(=O)[C@@H](Cc1ccccc1)N(Cc1cccc(Cl)c1)C(=O)CCCN1C(=O)c2ccccc2S1(=O)=O. The summed E-state index contributed by atoms with van der Waals surface area (Å²) >= 11 is 6.19. The van der Waals surface area contributed by atoms with Gasteiger partial charge in [-0.25, -0.2) is 12.7 Å². The van der Waals surface area contributed by atoms with Crippen LogP contribution in [0.25, 0.3) is 0 Å². The van der Waals surface area contributed by atoms with Gasteiger partial charge in [0.1, 0.15) is 10.9 Å². The lowest BCUT2D eigenvalue weighted by Gasteiger charge is -2.31. The highest BCUT2D eigenvalue weighted by Crippen LogP contribution is 2.30. The average Bonchev–Trinajstić information content (AvgIpc) is 3.12. The molecule has 0 bridgehead atoms. The second-order valence-electron chi connectivity index (χ2n) is 9.23. The van der Waals surface area contributed by atoms with Gasteiger partial charge in [-0.15, -0.1) is 0 Å². The summed E-state index contributed by atoms with van der Waals surface area (Å²) in [6, 6.07) is 21.8. The number of sulfonamides is 1. The van der Waals surface area contributed by atoms with Crippen LogP contribution in [0.2, 0.25) is 5.02 Å². The smallest absolute Gasteiger partial charge is 0.269 e. The van der Waals surface area contributed by atoms with E-state index in [2.05, 4.69) is 5.32 Å². The predicted octanol–water partition coefficient (Wildman–Crippen LogP) is 4.04. The van der Waals surface area contributed by atoms with Crippen molar-refractivity contribution < 1.29 is 22.8 Å². The second kappa shape index (κ2) is 12.4. The third-order valence-corrected chi connectivity index (χ3v) is 8.60. The third-order valence-electron chi connectivity index (χ3n) is 6.53. The Labute approximate surface area is 233 Å². The number of fused-ring (bicyclic) bond motifs is 1. The molecular formula is C29H30ClN3O5S. The molecule has 1 heterocycles. The summed E-state index contributed by atoms with van der Waals surface area (Å²) in [5.74, 6) is -1.22. The fourth-order valence-corrected chi connectivity index (χ4v) is 6.47. The molecule has 204 valence electrons. The number of nitrogens with zero attached hydrogens (tertiary/aromatic N) is 2. The zero-order chi connectivity index (χ0) is 28.0. The van der Waals surface area contributed by atoms with Crippen LogP contribution >= 0.6 is 11.6 Å². The van der Waals surface area contributed by atoms with Gasteiger partial charge in [0.25, 0.3) is 15.9 Å². The molecule has 0 radical (unpaired) electrons. The van der Waals surface area contributed by atoms with Crippen molar-refractivity contribution >= 4 is 39.3 Å². The molecule has 10 heteroatoms. The molecule has 3 aromatic carbocycles. The van der Waals surface area contributed by atoms with Crippen LogP contribution in [0, 0.1) is 0 Å². The second-order valence-corrected chi connectivity index (χ2v) is 11.5. The number of nitrogens with one attached hydrogen (secondary N) is 1. The van der Waals surface area contributed by atoms with Gasteiger partial charge in [-0.1, -0.05) is 66.2 Å². The maximum absolute atomic E-state index is 13.7. The van der Waals surface area contributed by atoms with E-state index in [0.29, 0.717) is 18.0 Å². The normalized spacial score (nSPS) is 14.5. The van der Waals surface area contributed by atoms with Crippen molar-refractivity contribution in [1.29, 1.82) is 0 Å². The first-order valence-corrected chi connectivity index (χ1v) is 14.6. The molecule has 1 N–H and O–H groups in total. The number of amides is 3. The van der Waals surface area contributed by atoms with Crippen LogP contribution in [0.5, 0.6) is 0 Å². The molecule has 39 heavy (non-hydrogen) atoms. The molecule has 0 unspecified atom stereocenters. The van der Waals surface area contributed by atoms with Crippen LogP contribution in [0.3, 0.4) is 0 Å². The molecule has 3 aromatic rings. The lowest BCUT2D eigenvalue weighted by molar-refractivity contribution is -0.141. The van der Waals surface area contributed by atoms with E-state index in [0.717, 1.165) is 15.4 Å². The van der Waals surface area contributed by atoms with Crippen LogP contribution in [-0.2, 0) is 32.6 Å². The van der Waals surface area contributed by atoms with E-state index in [9.17, 15) is 22.8 Å². The van der Waals surface area contributed by atoms with E-state index in [-0.39, 0.29) is 48.2 Å². The van der Waals surface area contributed by atoms with Crippen molar-refractivity contribution in [2.24, 2.45) is 0 Å². The van der Waals surface area contributed by atoms with Crippen LogP contribution in [0.15, 0.2) is 83.8 Å². The van der Waals surface area contributed by atoms with Gasteiger partial charge in [0.15, 0.2) is 0 Å². The zero-order valence-electron chi connectivity index (χ0n) is 21.5. The van der Waals surface area contributed by atoms with Crippen molar-refractivity contribution in [1.82, 2.24) is 14.5 Å². The van der Waals surface area contributed by atoms with E-state index < -0.39 is 22.0 Å². The van der Waals surface area contributed by atoms with Crippen molar-refractivity contribution in [2.45, 2.75) is 43.7 Å². The van der Waals surface area contributed by atoms with E-state index in [4.69, 9.17) is 11.6 Å². The van der Waals surface area contributed by atoms with Gasteiger partial charge in [0.2, 0.25) is 11.8 Å². The minimum absolute atomic E-state index is 0.0249. The van der Waals surface area contributed by atoms with Gasteiger partial charge in [-0.05, 0) is 48.7 Å². The number of hydrogen-bond donors (Lipinski definition) is 1. The van der Waals surface area contributed by atoms with E-state index in [1.54, 1.807) is 30.3 Å². The number of benzene rings is 3. The number of carbonyl (C=O) groups is 3. The van der Waals surface area contributed by atoms with Crippen LogP contribution in [-0.4, -0.2) is 54.5 Å². The summed E-state index contributed by atoms with van der Waals surface area (Å²) < 4.78 is 26.6. The van der Waals surface area contributed by atoms with Gasteiger partial charge in [-0.2, -0.15) is 0 Å². The largest absolute Gasteiger partial charge is 0.355 e. The Morgan fingerprint density at radius 1 is 0.974 bits per heavy atom. The van der Waals surface area contributed by atoms with Crippen LogP contribution < -0.4 is 5.32 Å². The van der Waals surface area contributed by atoms with E-state index in [1.807, 2.05) is 43.3 Å². The van der Waals surface area contributed by atoms with Crippen LogP contribution in [0.1, 0.15) is 41.3 Å². The predicted molar refractivity (Wildman–Crippen MR) is 149 cm³/mol. The standard InChI is InChI=1S/C29H30ClN3O5S/c1-2-31-28(35)25(19-21-10-4-3-5-11-21)32(20-22-12-8-13-23(30)18-22)27(34)16-9-17-33-29(36)24-14-6-7-15-26(24)39(33,37)38/h3-8,10-15,18,25H,2,9,16-17,19-20H2,1H3,(H,31,35)/t25-/m1/s1. The van der Waals surface area contributed by atoms with Crippen molar-refractivity contribution in [2.75, 3.05) is 13.1 Å². The Kier molecular flexibility index (Phi) is 9.04. The molecule has 0 aliphatic carbocycles. The average molecular weight is 568 g/mol. The fourth-order valence-electron chi connectivity index (χ4n) is 4.65. The number of carbonyl (C=O) groups excluding carboxylic acids is 3. The van der Waals surface area contributed by atoms with E-state index in [1.165, 1.54) is 17.0 Å². The first kappa shape index (κ1) is 28.3. The van der Waals surface area contributed by atoms with Crippen molar-refractivity contribution in [3.8, 4) is 0 Å². The molecule has 3 amide bonds. The Morgan fingerprint density at radius 3 is 2.36 bits per heavy atom. The highest BCUT2D eigenvalue weighted by atomic mass is 35.5. The first-order chi connectivity index (χ1) is 18.7. The molecule has 0 saturated carbocycles. The summed E-state index contributed by atoms with van der Waals surface area (Å²) in [7, 11) is -3.96. The highest BCUT2D eigenvalue weighted by Gasteiger charge is 2.40. The van der Waals surface area contributed by atoms with Gasteiger partial charge < -0.3 is 10.2 Å². The number of halogens is 1. The Balaban J connectivity index is 1.55. The summed E-state index contributed by atoms with van der Waals surface area (Å²) in [5.41, 5.74) is 1.78. The quantitative estimate of drug-likeness (QED) is 0.377. The summed E-state index contributed by atoms with van der Waals surface area (Å²) in [5, 5.41) is 3.34. The molecule has 1 aliphatic rings. The minimum atomic E-state index is -3.96. The van der Waals surface area contributed by atoms with Crippen molar-refractivity contribution in [3.63, 3.8) is 0 Å². The molecular weight excluding hydrogens is 538 g/mol. The fraction of sp³-hybridized carbons (Fsp3) is 0.276. The number of rotatable bonds is 11. The van der Waals surface area contributed by atoms with Crippen LogP contribution in [0.4, 0.5) is 0 Å². The monoisotopic (exact) mass is 567 g/mol. The maximum atomic E-state index is 13.7. The van der Waals surface area contributed by atoms with E-state index >= 15 is 0 Å². The summed E-state index contributed by atoms with van der Waals surface area (Å²) in [4.78, 5) is 41.1. The molecule has 1 aliphatic heterocycles. The highest BCUT2D eigenvalue weighted by molar-refractivity contribution is 7.90. The van der Waals surface area contributed by atoms with Gasteiger partial charge in [0, 0.05) is 37.5 Å². The summed E-state index contributed by atoms with van der Waals surface area (Å²) in [6.45, 7) is 2.21. The summed E-state index contributed by atoms with van der Waals surface area (Å²) in [6.07, 6.45) is 0.353. The maximum Gasteiger partial charge on any atom is 0.269 e. The molecule has 1 atom stereocenters. The Bertz CT molecular complexity index is 1460. The topological polar surface area (TPSA) is 104 Å². The molecule has 0 saturated heterocycles. The third kappa shape index (κ3) is 6.49. The first-order valence-electron chi connectivity index (χ1n) is 12.7. The Hall–Kier alpha value is -3.69. The van der Waals surface area contributed by atoms with Gasteiger partial charge in [0.05, 0.1) is 5.56 Å². The van der Waals surface area contributed by atoms with Crippen molar-refractivity contribution in [3.05, 3.63) is 101 Å². The molecule has 0 aromatic heterocycles. The molecule has 0 spiro atoms. The lowest BCUT2D eigenvalue weighted by Crippen LogP contribution is -2.50. The van der Waals surface area contributed by atoms with Gasteiger partial charge in [-0.3, -0.25) is 14.4 Å². The molecule has 8 nitrogen and oxygen atoms in total. The molecule has 0 fully saturated rings. The molecule has 4 rings (SSSR count). The van der Waals surface area contributed by atoms with Gasteiger partial charge >= 0.3 is 0 Å². The minimum Gasteiger partial charge on any atom is -0.355 e. The Morgan fingerprint density at radius 2 is 1.67 bits per heavy atom. The zero-order valence-corrected chi connectivity index (χ0v) is 23.1. The lowest BCUT2D eigenvalue weighted by atomic mass is 10.0. The number of hydrogen-bond acceptors (Lipinski definition) is 5. The number of likely N-dealkylation sites (N-methyl/N-ethyl adjacent to an activating group) is 1.